The molecule has 0 aliphatic rings. The van der Waals surface area contributed by atoms with E-state index in [2.05, 4.69) is 227 Å². The molecule has 0 radical (unpaired) electrons. The standard InChI is InChI=1S/C52H35N3S/c1-4-17-37(18-5-1)53(42-32-33-45-44-24-12-14-26-47(44)55(48(45)35-42)39-21-8-3-9-22-39)40-28-30-41(31-29-40)54(38-19-6-2-7-20-38)49-34-36-16-10-11-23-43(36)52-51(49)46-25-13-15-27-50(46)56-52/h1-35H. The van der Waals surface area contributed by atoms with Crippen molar-refractivity contribution in [2.75, 3.05) is 9.80 Å². The summed E-state index contributed by atoms with van der Waals surface area (Å²) in [6.45, 7) is 0. The number of benzene rings is 9. The average Bonchev–Trinajstić information content (AvgIpc) is 3.82. The molecule has 0 atom stereocenters. The first-order chi connectivity index (χ1) is 27.8. The molecule has 0 saturated heterocycles. The van der Waals surface area contributed by atoms with Crippen molar-refractivity contribution in [2.45, 2.75) is 0 Å². The van der Waals surface area contributed by atoms with Gasteiger partial charge < -0.3 is 14.4 Å². The van der Waals surface area contributed by atoms with E-state index in [-0.39, 0.29) is 0 Å². The van der Waals surface area contributed by atoms with E-state index in [0.29, 0.717) is 0 Å². The molecule has 0 spiro atoms. The smallest absolute Gasteiger partial charge is 0.0561 e. The predicted molar refractivity (Wildman–Crippen MR) is 241 cm³/mol. The fraction of sp³-hybridized carbons (Fsp3) is 0. The summed E-state index contributed by atoms with van der Waals surface area (Å²) in [6, 6.07) is 76.7. The zero-order chi connectivity index (χ0) is 37.0. The quantitative estimate of drug-likeness (QED) is 0.162. The topological polar surface area (TPSA) is 11.4 Å². The van der Waals surface area contributed by atoms with E-state index in [1.807, 2.05) is 11.3 Å². The third kappa shape index (κ3) is 5.26. The maximum absolute atomic E-state index is 2.43. The maximum atomic E-state index is 2.43. The van der Waals surface area contributed by atoms with Gasteiger partial charge in [0.15, 0.2) is 0 Å². The Kier molecular flexibility index (Phi) is 7.68. The van der Waals surface area contributed by atoms with E-state index in [4.69, 9.17) is 0 Å². The van der Waals surface area contributed by atoms with Gasteiger partial charge in [-0.2, -0.15) is 0 Å². The molecular weight excluding hydrogens is 699 g/mol. The molecule has 0 amide bonds. The van der Waals surface area contributed by atoms with Crippen LogP contribution in [-0.2, 0) is 0 Å². The Morgan fingerprint density at radius 3 is 1.61 bits per heavy atom. The summed E-state index contributed by atoms with van der Waals surface area (Å²) in [7, 11) is 0. The molecule has 264 valence electrons. The van der Waals surface area contributed by atoms with Crippen LogP contribution in [-0.4, -0.2) is 4.57 Å². The van der Waals surface area contributed by atoms with Crippen LogP contribution in [0.4, 0.5) is 34.1 Å². The predicted octanol–water partition coefficient (Wildman–Crippen LogP) is 15.2. The molecule has 0 fully saturated rings. The second-order valence-electron chi connectivity index (χ2n) is 14.2. The van der Waals surface area contributed by atoms with Crippen molar-refractivity contribution in [1.82, 2.24) is 4.57 Å². The molecule has 0 saturated carbocycles. The SMILES string of the molecule is c1ccc(N(c2ccc(N(c3ccccc3)c3cc4ccccc4c4sc5ccccc5c34)cc2)c2ccc3c4ccccc4n(-c4ccccc4)c3c2)cc1. The Morgan fingerprint density at radius 1 is 0.357 bits per heavy atom. The van der Waals surface area contributed by atoms with Crippen LogP contribution in [0.5, 0.6) is 0 Å². The molecule has 4 heteroatoms. The second-order valence-corrected chi connectivity index (χ2v) is 15.2. The van der Waals surface area contributed by atoms with E-state index in [9.17, 15) is 0 Å². The lowest BCUT2D eigenvalue weighted by Gasteiger charge is -2.29. The van der Waals surface area contributed by atoms with Crippen molar-refractivity contribution in [2.24, 2.45) is 0 Å². The van der Waals surface area contributed by atoms with Crippen LogP contribution in [0, 0.1) is 0 Å². The minimum Gasteiger partial charge on any atom is -0.310 e. The van der Waals surface area contributed by atoms with Gasteiger partial charge in [0.2, 0.25) is 0 Å². The highest BCUT2D eigenvalue weighted by Gasteiger charge is 2.22. The first-order valence-electron chi connectivity index (χ1n) is 19.0. The summed E-state index contributed by atoms with van der Waals surface area (Å²) >= 11 is 1.88. The van der Waals surface area contributed by atoms with Crippen molar-refractivity contribution in [3.8, 4) is 5.69 Å². The van der Waals surface area contributed by atoms with Gasteiger partial charge in [-0.1, -0.05) is 121 Å². The zero-order valence-corrected chi connectivity index (χ0v) is 31.3. The summed E-state index contributed by atoms with van der Waals surface area (Å²) < 4.78 is 5.00. The number of hydrogen-bond acceptors (Lipinski definition) is 3. The molecule has 0 aliphatic carbocycles. The van der Waals surface area contributed by atoms with Crippen molar-refractivity contribution in [3.05, 3.63) is 212 Å². The van der Waals surface area contributed by atoms with E-state index >= 15 is 0 Å². The third-order valence-corrected chi connectivity index (χ3v) is 12.1. The number of fused-ring (bicyclic) bond motifs is 8. The largest absolute Gasteiger partial charge is 0.310 e. The first-order valence-corrected chi connectivity index (χ1v) is 19.8. The van der Waals surface area contributed by atoms with E-state index in [1.54, 1.807) is 0 Å². The van der Waals surface area contributed by atoms with E-state index in [1.165, 1.54) is 58.4 Å². The number of rotatable bonds is 7. The van der Waals surface area contributed by atoms with Crippen LogP contribution in [0.3, 0.4) is 0 Å². The fourth-order valence-electron chi connectivity index (χ4n) is 8.45. The first kappa shape index (κ1) is 32.3. The Morgan fingerprint density at radius 2 is 0.875 bits per heavy atom. The minimum absolute atomic E-state index is 1.08. The van der Waals surface area contributed by atoms with Gasteiger partial charge in [0.05, 0.1) is 16.7 Å². The number of thiophene rings is 1. The number of nitrogens with zero attached hydrogens (tertiary/aromatic N) is 3. The van der Waals surface area contributed by atoms with Crippen molar-refractivity contribution in [1.29, 1.82) is 0 Å². The monoisotopic (exact) mass is 733 g/mol. The third-order valence-electron chi connectivity index (χ3n) is 10.9. The maximum Gasteiger partial charge on any atom is 0.0561 e. The van der Waals surface area contributed by atoms with Crippen LogP contribution in [0.1, 0.15) is 0 Å². The minimum atomic E-state index is 1.08. The number of hydrogen-bond donors (Lipinski definition) is 0. The van der Waals surface area contributed by atoms with Crippen LogP contribution < -0.4 is 9.80 Å². The Bertz CT molecular complexity index is 3180. The highest BCUT2D eigenvalue weighted by molar-refractivity contribution is 7.26. The highest BCUT2D eigenvalue weighted by Crippen LogP contribution is 2.48. The lowest BCUT2D eigenvalue weighted by atomic mass is 10.0. The molecular formula is C52H35N3S. The van der Waals surface area contributed by atoms with Crippen LogP contribution in [0.15, 0.2) is 212 Å². The molecule has 56 heavy (non-hydrogen) atoms. The Hall–Kier alpha value is -7.14. The van der Waals surface area contributed by atoms with Crippen LogP contribution >= 0.6 is 11.3 Å². The summed E-state index contributed by atoms with van der Waals surface area (Å²) in [4.78, 5) is 4.79. The second kappa shape index (κ2) is 13.3. The molecule has 0 bridgehead atoms. The van der Waals surface area contributed by atoms with Gasteiger partial charge in [-0.3, -0.25) is 0 Å². The van der Waals surface area contributed by atoms with Gasteiger partial charge in [0, 0.05) is 65.1 Å². The summed E-state index contributed by atoms with van der Waals surface area (Å²) in [5.41, 5.74) is 10.2. The summed E-state index contributed by atoms with van der Waals surface area (Å²) in [5.74, 6) is 0. The van der Waals surface area contributed by atoms with Crippen molar-refractivity contribution in [3.63, 3.8) is 0 Å². The van der Waals surface area contributed by atoms with Gasteiger partial charge in [0.25, 0.3) is 0 Å². The summed E-state index contributed by atoms with van der Waals surface area (Å²) in [6.07, 6.45) is 0. The number of anilines is 6. The lowest BCUT2D eigenvalue weighted by molar-refractivity contribution is 1.18. The summed E-state index contributed by atoms with van der Waals surface area (Å²) in [5, 5.41) is 7.57. The van der Waals surface area contributed by atoms with Crippen molar-refractivity contribution >= 4 is 98.2 Å². The average molecular weight is 734 g/mol. The van der Waals surface area contributed by atoms with Crippen LogP contribution in [0.25, 0.3) is 58.4 Å². The number of para-hydroxylation sites is 4. The fourth-order valence-corrected chi connectivity index (χ4v) is 9.71. The van der Waals surface area contributed by atoms with E-state index < -0.39 is 0 Å². The van der Waals surface area contributed by atoms with Crippen LogP contribution in [0.2, 0.25) is 0 Å². The van der Waals surface area contributed by atoms with Gasteiger partial charge in [-0.05, 0) is 102 Å². The normalized spacial score (nSPS) is 11.6. The molecule has 2 aromatic heterocycles. The van der Waals surface area contributed by atoms with E-state index in [0.717, 1.165) is 34.1 Å². The molecule has 2 heterocycles. The zero-order valence-electron chi connectivity index (χ0n) is 30.5. The highest BCUT2D eigenvalue weighted by atomic mass is 32.1. The van der Waals surface area contributed by atoms with Crippen molar-refractivity contribution < 1.29 is 0 Å². The van der Waals surface area contributed by atoms with Gasteiger partial charge in [0.1, 0.15) is 0 Å². The molecule has 11 aromatic rings. The Balaban J connectivity index is 1.10. The lowest BCUT2D eigenvalue weighted by Crippen LogP contribution is -2.12. The molecule has 3 nitrogen and oxygen atoms in total. The van der Waals surface area contributed by atoms with Gasteiger partial charge in [-0.15, -0.1) is 11.3 Å². The molecule has 0 N–H and O–H groups in total. The van der Waals surface area contributed by atoms with Gasteiger partial charge in [-0.25, -0.2) is 0 Å². The number of aromatic nitrogens is 1. The Labute approximate surface area is 329 Å². The molecule has 9 aromatic carbocycles. The molecule has 0 unspecified atom stereocenters. The molecule has 11 rings (SSSR count). The van der Waals surface area contributed by atoms with Gasteiger partial charge >= 0.3 is 0 Å². The molecule has 0 aliphatic heterocycles.